The summed E-state index contributed by atoms with van der Waals surface area (Å²) in [6, 6.07) is 12.6. The van der Waals surface area contributed by atoms with Gasteiger partial charge in [0.05, 0.1) is 30.2 Å². The molecule has 2 aromatic rings. The van der Waals surface area contributed by atoms with Crippen molar-refractivity contribution in [2.45, 2.75) is 45.1 Å². The zero-order valence-electron chi connectivity index (χ0n) is 20.8. The summed E-state index contributed by atoms with van der Waals surface area (Å²) >= 11 is 0. The number of allylic oxidation sites excluding steroid dienone is 2. The molecule has 3 N–H and O–H groups in total. The highest BCUT2D eigenvalue weighted by atomic mass is 16.3. The third-order valence-corrected chi connectivity index (χ3v) is 7.40. The Bertz CT molecular complexity index is 1170. The maximum Gasteiger partial charge on any atom is 0.233 e. The SMILES string of the molecule is CCCC1=C([C@H](O)CC/C(=C/c2cccc(O)c2)c2ccccn2)[C@H](CO)[C@@H]2C(=O)N(C)C(=O)[C@@H]2C1. The number of carbonyl (C=O) groups is 2. The normalized spacial score (nSPS) is 23.3. The zero-order valence-corrected chi connectivity index (χ0v) is 20.8. The van der Waals surface area contributed by atoms with Crippen LogP contribution in [0.2, 0.25) is 0 Å². The molecule has 0 bridgehead atoms. The maximum absolute atomic E-state index is 12.9. The quantitative estimate of drug-likeness (QED) is 0.364. The Morgan fingerprint density at radius 3 is 2.67 bits per heavy atom. The number of hydrogen-bond acceptors (Lipinski definition) is 6. The number of phenols is 1. The van der Waals surface area contributed by atoms with Gasteiger partial charge in [0, 0.05) is 19.2 Å². The van der Waals surface area contributed by atoms with Crippen LogP contribution in [-0.2, 0) is 9.59 Å². The van der Waals surface area contributed by atoms with Crippen LogP contribution in [0.1, 0.15) is 50.3 Å². The number of imide groups is 1. The second-order valence-electron chi connectivity index (χ2n) is 9.70. The Hall–Kier alpha value is -3.29. The molecule has 1 aromatic heterocycles. The molecule has 1 fully saturated rings. The highest BCUT2D eigenvalue weighted by molar-refractivity contribution is 6.05. The first-order valence-electron chi connectivity index (χ1n) is 12.6. The number of aromatic hydroxyl groups is 1. The van der Waals surface area contributed by atoms with Crippen LogP contribution in [0.15, 0.2) is 59.8 Å². The Morgan fingerprint density at radius 1 is 1.19 bits per heavy atom. The monoisotopic (exact) mass is 490 g/mol. The molecule has 1 saturated heterocycles. The Kier molecular flexibility index (Phi) is 8.01. The summed E-state index contributed by atoms with van der Waals surface area (Å²) in [5, 5.41) is 31.7. The fourth-order valence-corrected chi connectivity index (χ4v) is 5.75. The summed E-state index contributed by atoms with van der Waals surface area (Å²) in [6.07, 6.45) is 5.67. The molecule has 7 heteroatoms. The fourth-order valence-electron chi connectivity index (χ4n) is 5.75. The number of hydrogen-bond donors (Lipinski definition) is 3. The molecule has 36 heavy (non-hydrogen) atoms. The summed E-state index contributed by atoms with van der Waals surface area (Å²) < 4.78 is 0. The van der Waals surface area contributed by atoms with Crippen LogP contribution in [0.5, 0.6) is 5.75 Å². The van der Waals surface area contributed by atoms with Crippen molar-refractivity contribution in [1.29, 1.82) is 0 Å². The van der Waals surface area contributed by atoms with Crippen molar-refractivity contribution in [3.8, 4) is 5.75 Å². The fraction of sp³-hybridized carbons (Fsp3) is 0.414. The molecular weight excluding hydrogens is 456 g/mol. The van der Waals surface area contributed by atoms with E-state index in [1.165, 1.54) is 11.9 Å². The van der Waals surface area contributed by atoms with Gasteiger partial charge >= 0.3 is 0 Å². The van der Waals surface area contributed by atoms with Crippen molar-refractivity contribution >= 4 is 23.5 Å². The lowest BCUT2D eigenvalue weighted by Crippen LogP contribution is -2.39. The molecule has 2 aliphatic rings. The van der Waals surface area contributed by atoms with Gasteiger partial charge in [-0.2, -0.15) is 0 Å². The summed E-state index contributed by atoms with van der Waals surface area (Å²) in [5.74, 6) is -1.97. The Morgan fingerprint density at radius 2 is 2.00 bits per heavy atom. The minimum Gasteiger partial charge on any atom is -0.508 e. The number of aliphatic hydroxyl groups is 2. The van der Waals surface area contributed by atoms with Gasteiger partial charge in [0.2, 0.25) is 11.8 Å². The van der Waals surface area contributed by atoms with Crippen molar-refractivity contribution in [1.82, 2.24) is 9.88 Å². The molecule has 1 aliphatic carbocycles. The third-order valence-electron chi connectivity index (χ3n) is 7.40. The number of nitrogens with zero attached hydrogens (tertiary/aromatic N) is 2. The minimum absolute atomic E-state index is 0.168. The average Bonchev–Trinajstić information content (AvgIpc) is 3.10. The number of carbonyl (C=O) groups excluding carboxylic acids is 2. The van der Waals surface area contributed by atoms with Crippen LogP contribution in [0.3, 0.4) is 0 Å². The number of phenolic OH excluding ortho intramolecular Hbond substituents is 1. The molecule has 1 aromatic carbocycles. The molecule has 4 rings (SSSR count). The van der Waals surface area contributed by atoms with E-state index in [0.717, 1.165) is 34.4 Å². The van der Waals surface area contributed by atoms with E-state index < -0.39 is 23.9 Å². The third kappa shape index (κ3) is 5.13. The zero-order chi connectivity index (χ0) is 25.8. The van der Waals surface area contributed by atoms with Crippen molar-refractivity contribution < 1.29 is 24.9 Å². The summed E-state index contributed by atoms with van der Waals surface area (Å²) in [7, 11) is 1.50. The number of aromatic nitrogens is 1. The first-order chi connectivity index (χ1) is 17.3. The van der Waals surface area contributed by atoms with E-state index in [2.05, 4.69) is 4.98 Å². The lowest BCUT2D eigenvalue weighted by atomic mass is 9.67. The molecule has 2 heterocycles. The van der Waals surface area contributed by atoms with E-state index in [1.807, 2.05) is 37.3 Å². The van der Waals surface area contributed by atoms with Crippen LogP contribution in [0.4, 0.5) is 0 Å². The largest absolute Gasteiger partial charge is 0.508 e. The Balaban J connectivity index is 1.64. The van der Waals surface area contributed by atoms with E-state index in [-0.39, 0.29) is 24.2 Å². The van der Waals surface area contributed by atoms with E-state index in [0.29, 0.717) is 25.7 Å². The van der Waals surface area contributed by atoms with Crippen molar-refractivity contribution in [2.75, 3.05) is 13.7 Å². The summed E-state index contributed by atoms with van der Waals surface area (Å²) in [6.45, 7) is 1.75. The van der Waals surface area contributed by atoms with Gasteiger partial charge in [0.25, 0.3) is 0 Å². The number of amides is 2. The number of aliphatic hydroxyl groups excluding tert-OH is 2. The van der Waals surface area contributed by atoms with Gasteiger partial charge in [-0.3, -0.25) is 19.5 Å². The summed E-state index contributed by atoms with van der Waals surface area (Å²) in [5.41, 5.74) is 4.20. The van der Waals surface area contributed by atoms with Crippen LogP contribution in [-0.4, -0.2) is 56.8 Å². The molecule has 4 atom stereocenters. The maximum atomic E-state index is 12.9. The lowest BCUT2D eigenvalue weighted by Gasteiger charge is -2.36. The topological polar surface area (TPSA) is 111 Å². The predicted molar refractivity (Wildman–Crippen MR) is 137 cm³/mol. The van der Waals surface area contributed by atoms with Gasteiger partial charge in [0.15, 0.2) is 0 Å². The van der Waals surface area contributed by atoms with Crippen molar-refractivity contribution in [3.63, 3.8) is 0 Å². The smallest absolute Gasteiger partial charge is 0.233 e. The molecule has 0 unspecified atom stereocenters. The van der Waals surface area contributed by atoms with Crippen molar-refractivity contribution in [3.05, 3.63) is 71.1 Å². The molecule has 2 amide bonds. The average molecular weight is 491 g/mol. The van der Waals surface area contributed by atoms with E-state index in [4.69, 9.17) is 0 Å². The highest BCUT2D eigenvalue weighted by Gasteiger charge is 2.53. The Labute approximate surface area is 211 Å². The number of rotatable bonds is 9. The van der Waals surface area contributed by atoms with E-state index in [9.17, 15) is 24.9 Å². The second-order valence-corrected chi connectivity index (χ2v) is 9.70. The molecule has 0 spiro atoms. The second kappa shape index (κ2) is 11.2. The minimum atomic E-state index is -0.866. The molecule has 0 saturated carbocycles. The van der Waals surface area contributed by atoms with Crippen LogP contribution in [0, 0.1) is 17.8 Å². The number of fused-ring (bicyclic) bond motifs is 1. The van der Waals surface area contributed by atoms with Crippen molar-refractivity contribution in [2.24, 2.45) is 17.8 Å². The van der Waals surface area contributed by atoms with Gasteiger partial charge in [0.1, 0.15) is 5.75 Å². The van der Waals surface area contributed by atoms with Gasteiger partial charge in [-0.25, -0.2) is 0 Å². The van der Waals surface area contributed by atoms with Gasteiger partial charge in [-0.1, -0.05) is 37.1 Å². The molecule has 0 radical (unpaired) electrons. The number of pyridine rings is 1. The first-order valence-corrected chi connectivity index (χ1v) is 12.6. The van der Waals surface area contributed by atoms with Crippen LogP contribution in [0.25, 0.3) is 11.6 Å². The predicted octanol–water partition coefficient (Wildman–Crippen LogP) is 3.81. The molecular formula is C29H34N2O5. The standard InChI is InChI=1S/C29H34N2O5/c1-3-7-20-16-22-27(29(36)31(2)28(22)35)23(17-32)26(20)25(34)12-11-19(24-10-4-5-13-30-24)14-18-8-6-9-21(33)15-18/h4-6,8-10,13-15,22-23,25,27,32-34H,3,7,11-12,16-17H2,1-2H3/b19-14-/t22-,23+,25-,27-/m1/s1. The van der Waals surface area contributed by atoms with E-state index >= 15 is 0 Å². The summed E-state index contributed by atoms with van der Waals surface area (Å²) in [4.78, 5) is 31.3. The van der Waals surface area contributed by atoms with E-state index in [1.54, 1.807) is 24.4 Å². The molecule has 1 aliphatic heterocycles. The van der Waals surface area contributed by atoms with Crippen LogP contribution < -0.4 is 0 Å². The lowest BCUT2D eigenvalue weighted by molar-refractivity contribution is -0.138. The van der Waals surface area contributed by atoms with Gasteiger partial charge < -0.3 is 15.3 Å². The number of likely N-dealkylation sites (tertiary alicyclic amines) is 1. The number of benzene rings is 1. The van der Waals surface area contributed by atoms with Gasteiger partial charge in [-0.05, 0) is 72.7 Å². The van der Waals surface area contributed by atoms with Gasteiger partial charge in [-0.15, -0.1) is 0 Å². The molecule has 190 valence electrons. The molecule has 7 nitrogen and oxygen atoms in total. The highest BCUT2D eigenvalue weighted by Crippen LogP contribution is 2.47. The van der Waals surface area contributed by atoms with Crippen LogP contribution >= 0.6 is 0 Å². The first kappa shape index (κ1) is 25.8.